The molecule has 9 nitrogen and oxygen atoms in total. The first kappa shape index (κ1) is 29.8. The molecule has 3 aromatic carbocycles. The van der Waals surface area contributed by atoms with Gasteiger partial charge in [0.05, 0.1) is 33.3 Å². The lowest BCUT2D eigenvalue weighted by Gasteiger charge is -2.20. The van der Waals surface area contributed by atoms with Gasteiger partial charge in [-0.05, 0) is 74.8 Å². The van der Waals surface area contributed by atoms with E-state index in [0.29, 0.717) is 34.3 Å². The van der Waals surface area contributed by atoms with Gasteiger partial charge in [-0.3, -0.25) is 14.2 Å². The van der Waals surface area contributed by atoms with Crippen LogP contribution in [0.4, 0.5) is 0 Å². The quantitative estimate of drug-likeness (QED) is 0.294. The molecule has 1 aromatic heterocycles. The maximum Gasteiger partial charge on any atom is 0.335 e. The van der Waals surface area contributed by atoms with E-state index in [9.17, 15) is 19.2 Å². The van der Waals surface area contributed by atoms with Crippen molar-refractivity contribution in [2.45, 2.75) is 45.9 Å². The molecule has 0 saturated carbocycles. The van der Waals surface area contributed by atoms with Crippen molar-refractivity contribution < 1.29 is 14.3 Å². The second-order valence-corrected chi connectivity index (χ2v) is 10.6. The van der Waals surface area contributed by atoms with Gasteiger partial charge in [0, 0.05) is 20.0 Å². The Morgan fingerprint density at radius 1 is 1.00 bits per heavy atom. The van der Waals surface area contributed by atoms with Crippen LogP contribution in [-0.4, -0.2) is 40.2 Å². The van der Waals surface area contributed by atoms with Crippen molar-refractivity contribution in [3.8, 4) is 5.69 Å². The zero-order chi connectivity index (χ0) is 29.8. The molecule has 1 amide bonds. The predicted octanol–water partition coefficient (Wildman–Crippen LogP) is 3.66. The molecular formula is C31H33ClN4O5. The van der Waals surface area contributed by atoms with E-state index in [2.05, 4.69) is 10.6 Å². The molecule has 0 saturated heterocycles. The van der Waals surface area contributed by atoms with Gasteiger partial charge in [0.2, 0.25) is 0 Å². The number of hydrogen-bond acceptors (Lipinski definition) is 6. The standard InChI is InChI=1S/C31H33ClN4O5/c1-18(2)41-30(39)25(34-28(37)27-19(3)7-6-8-24(27)32)16-20-9-12-22(13-10-20)36-29(38)23-15-21(17-33-4)11-14-26(23)35(5)31(36)40/h6-15,18,25,33H,16-17H2,1-5H3,(H,34,37)/t25-/m0/s1. The molecule has 1 heterocycles. The molecule has 1 atom stereocenters. The zero-order valence-electron chi connectivity index (χ0n) is 23.7. The number of carbonyl (C=O) groups excluding carboxylic acids is 2. The fourth-order valence-corrected chi connectivity index (χ4v) is 5.03. The van der Waals surface area contributed by atoms with Crippen LogP contribution in [0.3, 0.4) is 0 Å². The van der Waals surface area contributed by atoms with Crippen LogP contribution in [0.1, 0.15) is 40.9 Å². The first-order valence-corrected chi connectivity index (χ1v) is 13.6. The molecule has 41 heavy (non-hydrogen) atoms. The normalized spacial score (nSPS) is 12.0. The molecule has 10 heteroatoms. The van der Waals surface area contributed by atoms with Crippen LogP contribution in [0.2, 0.25) is 5.02 Å². The van der Waals surface area contributed by atoms with Crippen molar-refractivity contribution in [3.05, 3.63) is 109 Å². The third kappa shape index (κ3) is 6.42. The highest BCUT2D eigenvalue weighted by Crippen LogP contribution is 2.20. The average Bonchev–Trinajstić information content (AvgIpc) is 2.92. The van der Waals surface area contributed by atoms with E-state index in [1.807, 2.05) is 13.1 Å². The third-order valence-electron chi connectivity index (χ3n) is 6.74. The molecule has 0 radical (unpaired) electrons. The summed E-state index contributed by atoms with van der Waals surface area (Å²) in [6.45, 7) is 5.81. The number of aromatic nitrogens is 2. The summed E-state index contributed by atoms with van der Waals surface area (Å²) in [4.78, 5) is 52.7. The number of halogens is 1. The van der Waals surface area contributed by atoms with Gasteiger partial charge >= 0.3 is 11.7 Å². The second-order valence-electron chi connectivity index (χ2n) is 10.2. The molecule has 0 bridgehead atoms. The Kier molecular flexibility index (Phi) is 9.10. The summed E-state index contributed by atoms with van der Waals surface area (Å²) in [7, 11) is 3.45. The van der Waals surface area contributed by atoms with E-state index in [4.69, 9.17) is 16.3 Å². The number of benzene rings is 3. The fraction of sp³-hybridized carbons (Fsp3) is 0.290. The van der Waals surface area contributed by atoms with Crippen molar-refractivity contribution >= 4 is 34.4 Å². The summed E-state index contributed by atoms with van der Waals surface area (Å²) in [6.07, 6.45) is -0.255. The third-order valence-corrected chi connectivity index (χ3v) is 7.05. The van der Waals surface area contributed by atoms with Crippen LogP contribution in [0.15, 0.2) is 70.3 Å². The summed E-state index contributed by atoms with van der Waals surface area (Å²) in [5.41, 5.74) is 2.61. The molecule has 0 spiro atoms. The van der Waals surface area contributed by atoms with Crippen LogP contribution in [0, 0.1) is 6.92 Å². The first-order valence-electron chi connectivity index (χ1n) is 13.3. The number of nitrogens with one attached hydrogen (secondary N) is 2. The molecule has 0 fully saturated rings. The number of amides is 1. The van der Waals surface area contributed by atoms with E-state index >= 15 is 0 Å². The Morgan fingerprint density at radius 3 is 2.32 bits per heavy atom. The maximum absolute atomic E-state index is 13.4. The van der Waals surface area contributed by atoms with Crippen molar-refractivity contribution in [1.82, 2.24) is 19.8 Å². The molecule has 214 valence electrons. The van der Waals surface area contributed by atoms with Gasteiger partial charge in [0.15, 0.2) is 0 Å². The zero-order valence-corrected chi connectivity index (χ0v) is 24.4. The highest BCUT2D eigenvalue weighted by Gasteiger charge is 2.26. The van der Waals surface area contributed by atoms with Gasteiger partial charge in [-0.25, -0.2) is 14.2 Å². The van der Waals surface area contributed by atoms with Crippen LogP contribution in [0.5, 0.6) is 0 Å². The number of esters is 1. The Bertz CT molecular complexity index is 1700. The molecule has 0 unspecified atom stereocenters. The van der Waals surface area contributed by atoms with Gasteiger partial charge in [0.25, 0.3) is 11.5 Å². The van der Waals surface area contributed by atoms with E-state index < -0.39 is 29.2 Å². The number of fused-ring (bicyclic) bond motifs is 1. The minimum Gasteiger partial charge on any atom is -0.461 e. The van der Waals surface area contributed by atoms with Crippen molar-refractivity contribution in [2.24, 2.45) is 7.05 Å². The monoisotopic (exact) mass is 576 g/mol. The Hall–Kier alpha value is -4.21. The molecule has 2 N–H and O–H groups in total. The van der Waals surface area contributed by atoms with Gasteiger partial charge in [0.1, 0.15) is 6.04 Å². The minimum atomic E-state index is -0.992. The number of nitrogens with zero attached hydrogens (tertiary/aromatic N) is 2. The van der Waals surface area contributed by atoms with Gasteiger partial charge in [-0.15, -0.1) is 0 Å². The highest BCUT2D eigenvalue weighted by atomic mass is 35.5. The lowest BCUT2D eigenvalue weighted by atomic mass is 10.0. The summed E-state index contributed by atoms with van der Waals surface area (Å²) in [5, 5.41) is 6.54. The molecule has 0 aliphatic heterocycles. The molecule has 0 aliphatic carbocycles. The van der Waals surface area contributed by atoms with Gasteiger partial charge < -0.3 is 15.4 Å². The van der Waals surface area contributed by atoms with Gasteiger partial charge in [-0.1, -0.05) is 41.9 Å². The Balaban J connectivity index is 1.66. The number of carbonyl (C=O) groups is 2. The lowest BCUT2D eigenvalue weighted by Crippen LogP contribution is -2.44. The number of rotatable bonds is 9. The number of aryl methyl sites for hydroxylation is 2. The van der Waals surface area contributed by atoms with Gasteiger partial charge in [-0.2, -0.15) is 0 Å². The van der Waals surface area contributed by atoms with E-state index in [0.717, 1.165) is 10.1 Å². The number of ether oxygens (including phenoxy) is 1. The largest absolute Gasteiger partial charge is 0.461 e. The molecular weight excluding hydrogens is 544 g/mol. The first-order chi connectivity index (χ1) is 19.5. The van der Waals surface area contributed by atoms with Crippen LogP contribution in [0.25, 0.3) is 16.6 Å². The smallest absolute Gasteiger partial charge is 0.335 e. The molecule has 0 aliphatic rings. The molecule has 4 aromatic rings. The maximum atomic E-state index is 13.4. The van der Waals surface area contributed by atoms with Crippen molar-refractivity contribution in [3.63, 3.8) is 0 Å². The minimum absolute atomic E-state index is 0.124. The second kappa shape index (κ2) is 12.5. The van der Waals surface area contributed by atoms with E-state index in [1.54, 1.807) is 82.4 Å². The lowest BCUT2D eigenvalue weighted by molar-refractivity contribution is -0.149. The fourth-order valence-electron chi connectivity index (χ4n) is 4.72. The van der Waals surface area contributed by atoms with E-state index in [-0.39, 0.29) is 23.1 Å². The number of hydrogen-bond donors (Lipinski definition) is 2. The van der Waals surface area contributed by atoms with Crippen LogP contribution >= 0.6 is 11.6 Å². The Labute approximate surface area is 242 Å². The van der Waals surface area contributed by atoms with E-state index in [1.165, 1.54) is 4.57 Å². The summed E-state index contributed by atoms with van der Waals surface area (Å²) < 4.78 is 7.98. The average molecular weight is 577 g/mol. The van der Waals surface area contributed by atoms with Crippen LogP contribution < -0.4 is 21.9 Å². The topological polar surface area (TPSA) is 111 Å². The highest BCUT2D eigenvalue weighted by molar-refractivity contribution is 6.34. The molecule has 4 rings (SSSR count). The predicted molar refractivity (Wildman–Crippen MR) is 160 cm³/mol. The summed E-state index contributed by atoms with van der Waals surface area (Å²) in [6, 6.07) is 16.3. The Morgan fingerprint density at radius 2 is 1.68 bits per heavy atom. The SMILES string of the molecule is CNCc1ccc2c(c1)c(=O)n(-c1ccc(C[C@H](NC(=O)c3c(C)cccc3Cl)C(=O)OC(C)C)cc1)c(=O)n2C. The summed E-state index contributed by atoms with van der Waals surface area (Å²) in [5.74, 6) is -1.07. The van der Waals surface area contributed by atoms with Crippen molar-refractivity contribution in [2.75, 3.05) is 7.05 Å². The summed E-state index contributed by atoms with van der Waals surface area (Å²) >= 11 is 6.27. The van der Waals surface area contributed by atoms with Crippen LogP contribution in [-0.2, 0) is 29.5 Å². The van der Waals surface area contributed by atoms with Crippen molar-refractivity contribution in [1.29, 1.82) is 0 Å².